The summed E-state index contributed by atoms with van der Waals surface area (Å²) in [5, 5.41) is 6.32. The number of halogens is 1. The summed E-state index contributed by atoms with van der Waals surface area (Å²) in [6.45, 7) is 5.65. The molecule has 47 heavy (non-hydrogen) atoms. The molecule has 11 nitrogen and oxygen atoms in total. The van der Waals surface area contributed by atoms with Crippen LogP contribution in [0.1, 0.15) is 97.0 Å². The first-order valence-corrected chi connectivity index (χ1v) is 17.3. The molecule has 5 N–H and O–H groups in total. The Labute approximate surface area is 281 Å². The second kappa shape index (κ2) is 14.4. The Morgan fingerprint density at radius 3 is 2.36 bits per heavy atom. The second-order valence-electron chi connectivity index (χ2n) is 14.9. The summed E-state index contributed by atoms with van der Waals surface area (Å²) in [7, 11) is 0. The van der Waals surface area contributed by atoms with Gasteiger partial charge in [-0.15, -0.1) is 0 Å². The van der Waals surface area contributed by atoms with E-state index < -0.39 is 52.6 Å². The fraction of sp³-hybridized carbons (Fsp3) is 0.629. The average Bonchev–Trinajstić information content (AvgIpc) is 3.60. The molecule has 1 aromatic carbocycles. The van der Waals surface area contributed by atoms with Crippen molar-refractivity contribution in [3.63, 3.8) is 0 Å². The van der Waals surface area contributed by atoms with Crippen molar-refractivity contribution in [2.75, 3.05) is 6.54 Å². The summed E-state index contributed by atoms with van der Waals surface area (Å²) in [5.41, 5.74) is 7.97. The number of Topliss-reactive ketones (excluding diaryl/α,β-unsaturated/α-hetero) is 1. The van der Waals surface area contributed by atoms with E-state index in [2.05, 4.69) is 16.1 Å². The summed E-state index contributed by atoms with van der Waals surface area (Å²) < 4.78 is 0. The lowest BCUT2D eigenvalue weighted by Gasteiger charge is -2.36. The summed E-state index contributed by atoms with van der Waals surface area (Å²) in [5.74, 6) is -2.67. The highest BCUT2D eigenvalue weighted by atomic mass is 35.5. The van der Waals surface area contributed by atoms with Gasteiger partial charge in [0.1, 0.15) is 17.7 Å². The summed E-state index contributed by atoms with van der Waals surface area (Å²) in [6.07, 6.45) is 10.8. The zero-order valence-electron chi connectivity index (χ0n) is 27.6. The number of nitrogens with one attached hydrogen (secondary N) is 3. The van der Waals surface area contributed by atoms with Crippen LogP contribution < -0.4 is 21.8 Å². The number of primary amides is 1. The van der Waals surface area contributed by atoms with Gasteiger partial charge in [0.15, 0.2) is 0 Å². The molecule has 12 heteroatoms. The number of carbonyl (C=O) groups excluding carboxylic acids is 5. The third-order valence-corrected chi connectivity index (χ3v) is 10.4. The molecule has 4 amide bonds. The van der Waals surface area contributed by atoms with E-state index in [0.29, 0.717) is 23.6 Å². The molecule has 1 saturated heterocycles. The van der Waals surface area contributed by atoms with Gasteiger partial charge < -0.3 is 21.3 Å². The zero-order valence-corrected chi connectivity index (χ0v) is 28.4. The lowest BCUT2D eigenvalue weighted by atomic mass is 9.80. The van der Waals surface area contributed by atoms with Crippen LogP contribution in [0, 0.1) is 17.3 Å². The number of nitrogens with two attached hydrogens (primary N) is 1. The van der Waals surface area contributed by atoms with Gasteiger partial charge in [0.25, 0.3) is 5.91 Å². The molecule has 2 heterocycles. The van der Waals surface area contributed by atoms with Crippen LogP contribution in [0.15, 0.2) is 30.3 Å². The lowest BCUT2D eigenvalue weighted by molar-refractivity contribution is -0.145. The van der Waals surface area contributed by atoms with Crippen LogP contribution in [-0.2, 0) is 28.8 Å². The Bertz CT molecular complexity index is 1420. The van der Waals surface area contributed by atoms with Crippen LogP contribution in [0.4, 0.5) is 0 Å². The lowest BCUT2D eigenvalue weighted by Crippen LogP contribution is -2.59. The fourth-order valence-corrected chi connectivity index (χ4v) is 7.43. The molecule has 0 radical (unpaired) electrons. The SMILES string of the molecule is CC(C)(C)[C@H](NC(=O)CC1CCCCC1)C(=O)N1C[C@@]2(C=C(c3cccc(Cl)c3)NO2)C[C@H]1C(=O)NC(CC1CCC1)C(=O)C(N)=O. The first kappa shape index (κ1) is 34.9. The molecule has 2 aliphatic heterocycles. The summed E-state index contributed by atoms with van der Waals surface area (Å²) in [6, 6.07) is 4.16. The van der Waals surface area contributed by atoms with Gasteiger partial charge in [-0.05, 0) is 54.7 Å². The van der Waals surface area contributed by atoms with Gasteiger partial charge >= 0.3 is 0 Å². The van der Waals surface area contributed by atoms with Crippen LogP contribution in [0.3, 0.4) is 0 Å². The van der Waals surface area contributed by atoms with Gasteiger partial charge in [-0.25, -0.2) is 0 Å². The van der Waals surface area contributed by atoms with Crippen molar-refractivity contribution < 1.29 is 28.8 Å². The van der Waals surface area contributed by atoms with E-state index >= 15 is 0 Å². The predicted octanol–water partition coefficient (Wildman–Crippen LogP) is 3.79. The number of nitrogens with zero attached hydrogens (tertiary/aromatic N) is 1. The van der Waals surface area contributed by atoms with Crippen molar-refractivity contribution in [2.45, 2.75) is 115 Å². The Hall–Kier alpha value is -3.44. The molecular weight excluding hydrogens is 622 g/mol. The molecule has 1 spiro atoms. The highest BCUT2D eigenvalue weighted by Crippen LogP contribution is 2.39. The topological polar surface area (TPSA) is 160 Å². The first-order chi connectivity index (χ1) is 22.2. The molecule has 0 bridgehead atoms. The Morgan fingerprint density at radius 1 is 1.04 bits per heavy atom. The zero-order chi connectivity index (χ0) is 33.9. The number of likely N-dealkylation sites (tertiary alicyclic amines) is 1. The molecule has 4 atom stereocenters. The average molecular weight is 670 g/mol. The molecule has 256 valence electrons. The maximum absolute atomic E-state index is 14.5. The second-order valence-corrected chi connectivity index (χ2v) is 15.4. The van der Waals surface area contributed by atoms with E-state index in [0.717, 1.165) is 50.5 Å². The van der Waals surface area contributed by atoms with Gasteiger partial charge in [-0.1, -0.05) is 83.0 Å². The van der Waals surface area contributed by atoms with Crippen LogP contribution in [-0.4, -0.2) is 64.6 Å². The number of hydrogen-bond donors (Lipinski definition) is 4. The minimum Gasteiger partial charge on any atom is -0.363 e. The number of rotatable bonds is 11. The van der Waals surface area contributed by atoms with Gasteiger partial charge in [0.2, 0.25) is 23.5 Å². The first-order valence-electron chi connectivity index (χ1n) is 16.9. The number of hydroxylamine groups is 1. The number of carbonyl (C=O) groups is 5. The molecular formula is C35H48ClN5O6. The van der Waals surface area contributed by atoms with Gasteiger partial charge in [-0.3, -0.25) is 34.3 Å². The van der Waals surface area contributed by atoms with Crippen LogP contribution in [0.5, 0.6) is 0 Å². The molecule has 3 fully saturated rings. The van der Waals surface area contributed by atoms with Crippen LogP contribution >= 0.6 is 11.6 Å². The van der Waals surface area contributed by atoms with E-state index in [1.54, 1.807) is 12.1 Å². The standard InChI is InChI=1S/C35H48ClN5O6/c1-34(2,3)30(39-28(42)16-22-9-5-4-6-10-22)33(46)41-20-35(18-26(40-47-35)23-13-8-14-24(36)17-23)19-27(41)32(45)38-25(29(43)31(37)44)15-21-11-7-12-21/h8,13-14,17-18,21-22,25,27,30,40H,4-7,9-12,15-16,19-20H2,1-3H3,(H2,37,44)(H,38,45)(H,39,42)/t25?,27-,30+,35+/m0/s1. The van der Waals surface area contributed by atoms with Crippen molar-refractivity contribution in [3.05, 3.63) is 40.9 Å². The van der Waals surface area contributed by atoms with E-state index in [-0.39, 0.29) is 30.7 Å². The monoisotopic (exact) mass is 669 g/mol. The molecule has 5 rings (SSSR count). The molecule has 2 aliphatic carbocycles. The summed E-state index contributed by atoms with van der Waals surface area (Å²) >= 11 is 6.23. The van der Waals surface area contributed by atoms with Gasteiger partial charge in [0.05, 0.1) is 18.3 Å². The molecule has 1 unspecified atom stereocenters. The molecule has 1 aromatic rings. The largest absolute Gasteiger partial charge is 0.363 e. The van der Waals surface area contributed by atoms with Gasteiger partial charge in [-0.2, -0.15) is 0 Å². The Kier molecular flexibility index (Phi) is 10.7. The van der Waals surface area contributed by atoms with E-state index in [4.69, 9.17) is 22.2 Å². The minimum absolute atomic E-state index is 0.0170. The molecule has 2 saturated carbocycles. The third kappa shape index (κ3) is 8.35. The fourth-order valence-electron chi connectivity index (χ4n) is 7.24. The number of amides is 4. The van der Waals surface area contributed by atoms with Crippen molar-refractivity contribution >= 4 is 46.7 Å². The highest BCUT2D eigenvalue weighted by molar-refractivity contribution is 6.37. The Morgan fingerprint density at radius 2 is 1.74 bits per heavy atom. The van der Waals surface area contributed by atoms with E-state index in [1.807, 2.05) is 39.0 Å². The van der Waals surface area contributed by atoms with Crippen LogP contribution in [0.2, 0.25) is 5.02 Å². The summed E-state index contributed by atoms with van der Waals surface area (Å²) in [4.78, 5) is 74.2. The number of hydrogen-bond acceptors (Lipinski definition) is 7. The van der Waals surface area contributed by atoms with Gasteiger partial charge in [0, 0.05) is 23.4 Å². The quantitative estimate of drug-likeness (QED) is 0.261. The maximum Gasteiger partial charge on any atom is 0.287 e. The van der Waals surface area contributed by atoms with Crippen LogP contribution in [0.25, 0.3) is 5.70 Å². The predicted molar refractivity (Wildman–Crippen MR) is 177 cm³/mol. The Balaban J connectivity index is 1.42. The molecule has 4 aliphatic rings. The molecule has 0 aromatic heterocycles. The normalized spacial score (nSPS) is 24.6. The smallest absolute Gasteiger partial charge is 0.287 e. The minimum atomic E-state index is -1.11. The number of benzene rings is 1. The van der Waals surface area contributed by atoms with Crippen molar-refractivity contribution in [2.24, 2.45) is 23.0 Å². The van der Waals surface area contributed by atoms with Crippen molar-refractivity contribution in [1.29, 1.82) is 0 Å². The third-order valence-electron chi connectivity index (χ3n) is 10.1. The maximum atomic E-state index is 14.5. The van der Waals surface area contributed by atoms with Crippen molar-refractivity contribution in [1.82, 2.24) is 21.0 Å². The van der Waals surface area contributed by atoms with E-state index in [9.17, 15) is 24.0 Å². The number of ketones is 1. The van der Waals surface area contributed by atoms with E-state index in [1.165, 1.54) is 11.3 Å². The highest BCUT2D eigenvalue weighted by Gasteiger charge is 2.54. The van der Waals surface area contributed by atoms with Crippen molar-refractivity contribution in [3.8, 4) is 0 Å².